The Hall–Kier alpha value is -3.02. The average Bonchev–Trinajstić information content (AvgIpc) is 2.82. The maximum atomic E-state index is 11.8. The highest BCUT2D eigenvalue weighted by Crippen LogP contribution is 2.25. The third-order valence-electron chi connectivity index (χ3n) is 5.10. The van der Waals surface area contributed by atoms with Gasteiger partial charge in [0.15, 0.2) is 6.29 Å². The predicted molar refractivity (Wildman–Crippen MR) is 142 cm³/mol. The van der Waals surface area contributed by atoms with E-state index in [1.54, 1.807) is 18.2 Å². The fourth-order valence-electron chi connectivity index (χ4n) is 3.20. The zero-order valence-corrected chi connectivity index (χ0v) is 21.0. The van der Waals surface area contributed by atoms with Crippen molar-refractivity contribution in [3.63, 3.8) is 0 Å². The van der Waals surface area contributed by atoms with E-state index in [0.717, 1.165) is 29.0 Å². The van der Waals surface area contributed by atoms with Crippen LogP contribution in [0.3, 0.4) is 0 Å². The largest absolute Gasteiger partial charge is 0.481 e. The van der Waals surface area contributed by atoms with Crippen LogP contribution in [0.25, 0.3) is 0 Å². The fraction of sp³-hybridized carbons (Fsp3) is 0.259. The molecule has 7 heteroatoms. The minimum Gasteiger partial charge on any atom is -0.481 e. The summed E-state index contributed by atoms with van der Waals surface area (Å²) in [6.07, 6.45) is 1.12. The molecule has 3 N–H and O–H groups in total. The highest BCUT2D eigenvalue weighted by Gasteiger charge is 2.20. The minimum absolute atomic E-state index is 0.353. The predicted octanol–water partition coefficient (Wildman–Crippen LogP) is 7.01. The smallest absolute Gasteiger partial charge is 0.311 e. The first-order valence-electron chi connectivity index (χ1n) is 11.0. The Bertz CT molecular complexity index is 1070. The van der Waals surface area contributed by atoms with Crippen LogP contribution in [0.2, 0.25) is 10.0 Å². The van der Waals surface area contributed by atoms with Gasteiger partial charge >= 0.3 is 5.97 Å². The van der Waals surface area contributed by atoms with Gasteiger partial charge in [0.05, 0.1) is 21.5 Å². The van der Waals surface area contributed by atoms with E-state index in [2.05, 4.69) is 24.5 Å². The molecule has 0 saturated carbocycles. The van der Waals surface area contributed by atoms with Crippen molar-refractivity contribution < 1.29 is 14.7 Å². The molecule has 0 aliphatic heterocycles. The highest BCUT2D eigenvalue weighted by atomic mass is 35.5. The molecule has 0 heterocycles. The first kappa shape index (κ1) is 27.2. The van der Waals surface area contributed by atoms with Gasteiger partial charge in [0.25, 0.3) is 0 Å². The third kappa shape index (κ3) is 8.40. The van der Waals surface area contributed by atoms with Gasteiger partial charge in [-0.2, -0.15) is 0 Å². The Morgan fingerprint density at radius 1 is 0.971 bits per heavy atom. The van der Waals surface area contributed by atoms with Gasteiger partial charge in [-0.3, -0.25) is 9.59 Å². The molecule has 0 aromatic heterocycles. The Morgan fingerprint density at radius 3 is 2.09 bits per heavy atom. The summed E-state index contributed by atoms with van der Waals surface area (Å²) in [6.45, 7) is 5.16. The normalized spacial score (nSPS) is 11.2. The summed E-state index contributed by atoms with van der Waals surface area (Å²) in [7, 11) is 1.87. The van der Waals surface area contributed by atoms with Crippen LogP contribution in [0, 0.1) is 5.92 Å². The maximum absolute atomic E-state index is 11.8. The Morgan fingerprint density at radius 2 is 1.59 bits per heavy atom. The number of carbonyl (C=O) groups excluding carboxylic acids is 1. The Labute approximate surface area is 211 Å². The molecule has 0 fully saturated rings. The van der Waals surface area contributed by atoms with E-state index < -0.39 is 11.9 Å². The second-order valence-electron chi connectivity index (χ2n) is 8.20. The number of rotatable bonds is 9. The molecule has 3 rings (SSSR count). The molecule has 0 spiro atoms. The zero-order chi connectivity index (χ0) is 25.1. The van der Waals surface area contributed by atoms with Gasteiger partial charge in [0.2, 0.25) is 0 Å². The quantitative estimate of drug-likeness (QED) is 0.275. The van der Waals surface area contributed by atoms with Crippen molar-refractivity contribution >= 4 is 46.8 Å². The second-order valence-corrected chi connectivity index (χ2v) is 9.01. The second kappa shape index (κ2) is 13.6. The van der Waals surface area contributed by atoms with E-state index in [1.807, 2.05) is 55.6 Å². The number of halogens is 2. The van der Waals surface area contributed by atoms with Gasteiger partial charge in [-0.1, -0.05) is 67.4 Å². The topological polar surface area (TPSA) is 78.4 Å². The average molecular weight is 501 g/mol. The number of hydrogen-bond donors (Lipinski definition) is 3. The van der Waals surface area contributed by atoms with Crippen molar-refractivity contribution in [1.82, 2.24) is 0 Å². The molecular formula is C27H30Cl2N2O3. The van der Waals surface area contributed by atoms with Gasteiger partial charge in [0, 0.05) is 25.0 Å². The number of aldehydes is 1. The number of hydrogen-bond acceptors (Lipinski definition) is 4. The number of anilines is 2. The number of carboxylic acids is 1. The van der Waals surface area contributed by atoms with Gasteiger partial charge < -0.3 is 15.7 Å². The van der Waals surface area contributed by atoms with Gasteiger partial charge in [-0.05, 0) is 59.9 Å². The SMILES string of the molecule is CNc1ccc(CC(C(=O)O)c2cccc(NCC(C)C)c2)cc1.O=Cc1c(Cl)cccc1Cl. The first-order chi connectivity index (χ1) is 16.2. The monoisotopic (exact) mass is 500 g/mol. The summed E-state index contributed by atoms with van der Waals surface area (Å²) in [5.74, 6) is -0.811. The zero-order valence-electron chi connectivity index (χ0n) is 19.5. The minimum atomic E-state index is -0.797. The van der Waals surface area contributed by atoms with Crippen molar-refractivity contribution in [2.75, 3.05) is 24.2 Å². The van der Waals surface area contributed by atoms with E-state index in [-0.39, 0.29) is 0 Å². The summed E-state index contributed by atoms with van der Waals surface area (Å²) in [6, 6.07) is 20.6. The van der Waals surface area contributed by atoms with Crippen LogP contribution >= 0.6 is 23.2 Å². The fourth-order valence-corrected chi connectivity index (χ4v) is 3.69. The number of carbonyl (C=O) groups is 2. The van der Waals surface area contributed by atoms with E-state index in [0.29, 0.717) is 34.2 Å². The first-order valence-corrected chi connectivity index (χ1v) is 11.7. The van der Waals surface area contributed by atoms with Gasteiger partial charge in [0.1, 0.15) is 0 Å². The van der Waals surface area contributed by atoms with E-state index in [1.165, 1.54) is 0 Å². The van der Waals surface area contributed by atoms with E-state index in [9.17, 15) is 14.7 Å². The highest BCUT2D eigenvalue weighted by molar-refractivity contribution is 6.38. The van der Waals surface area contributed by atoms with Crippen molar-refractivity contribution in [2.45, 2.75) is 26.2 Å². The lowest BCUT2D eigenvalue weighted by Crippen LogP contribution is -2.15. The molecule has 0 aliphatic rings. The molecule has 0 radical (unpaired) electrons. The Kier molecular flexibility index (Phi) is 10.9. The van der Waals surface area contributed by atoms with Crippen LogP contribution in [-0.2, 0) is 11.2 Å². The van der Waals surface area contributed by atoms with Crippen LogP contribution in [0.1, 0.15) is 41.3 Å². The van der Waals surface area contributed by atoms with Crippen LogP contribution in [0.5, 0.6) is 0 Å². The van der Waals surface area contributed by atoms with Crippen LogP contribution < -0.4 is 10.6 Å². The van der Waals surface area contributed by atoms with Crippen molar-refractivity contribution in [3.8, 4) is 0 Å². The lowest BCUT2D eigenvalue weighted by Gasteiger charge is -2.16. The molecule has 0 saturated heterocycles. The molecule has 180 valence electrons. The molecule has 3 aromatic rings. The molecule has 3 aromatic carbocycles. The number of benzene rings is 3. The van der Waals surface area contributed by atoms with Crippen molar-refractivity contribution in [1.29, 1.82) is 0 Å². The standard InChI is InChI=1S/C20H26N2O2.C7H4Cl2O/c1-14(2)13-22-18-6-4-5-16(12-18)19(20(23)24)11-15-7-9-17(21-3)10-8-15;8-6-2-1-3-7(9)5(6)4-10/h4-10,12,14,19,21-22H,11,13H2,1-3H3,(H,23,24);1-4H. The van der Waals surface area contributed by atoms with Crippen LogP contribution in [0.15, 0.2) is 66.7 Å². The van der Waals surface area contributed by atoms with Gasteiger partial charge in [-0.25, -0.2) is 0 Å². The van der Waals surface area contributed by atoms with Gasteiger partial charge in [-0.15, -0.1) is 0 Å². The molecule has 0 aliphatic carbocycles. The molecular weight excluding hydrogens is 471 g/mol. The molecule has 0 amide bonds. The van der Waals surface area contributed by atoms with Crippen molar-refractivity contribution in [2.24, 2.45) is 5.92 Å². The number of carboxylic acid groups (broad SMARTS) is 1. The summed E-state index contributed by atoms with van der Waals surface area (Å²) < 4.78 is 0. The molecule has 0 bridgehead atoms. The third-order valence-corrected chi connectivity index (χ3v) is 5.76. The number of nitrogens with one attached hydrogen (secondary N) is 2. The maximum Gasteiger partial charge on any atom is 0.311 e. The molecule has 34 heavy (non-hydrogen) atoms. The molecule has 1 unspecified atom stereocenters. The van der Waals surface area contributed by atoms with E-state index in [4.69, 9.17) is 23.2 Å². The summed E-state index contributed by atoms with van der Waals surface area (Å²) in [5, 5.41) is 16.9. The Balaban J connectivity index is 0.000000340. The summed E-state index contributed by atoms with van der Waals surface area (Å²) in [4.78, 5) is 22.1. The van der Waals surface area contributed by atoms with E-state index >= 15 is 0 Å². The van der Waals surface area contributed by atoms with Crippen LogP contribution in [-0.4, -0.2) is 31.0 Å². The summed E-state index contributed by atoms with van der Waals surface area (Å²) in [5.41, 5.74) is 4.19. The molecule has 5 nitrogen and oxygen atoms in total. The van der Waals surface area contributed by atoms with Crippen LogP contribution in [0.4, 0.5) is 11.4 Å². The molecule has 1 atom stereocenters. The lowest BCUT2D eigenvalue weighted by molar-refractivity contribution is -0.138. The lowest BCUT2D eigenvalue weighted by atomic mass is 9.91. The van der Waals surface area contributed by atoms with Crippen molar-refractivity contribution in [3.05, 3.63) is 93.5 Å². The number of aliphatic carboxylic acids is 1. The summed E-state index contributed by atoms with van der Waals surface area (Å²) >= 11 is 11.2.